The fraction of sp³-hybridized carbons (Fsp3) is 0.103. The molecule has 0 saturated heterocycles. The number of carbonyl (C=O) groups is 1. The Hall–Kier alpha value is -4.49. The minimum Gasteiger partial charge on any atom is -0.493 e. The molecule has 0 radical (unpaired) electrons. The number of hydrogen-bond acceptors (Lipinski definition) is 5. The lowest BCUT2D eigenvalue weighted by Gasteiger charge is -2.27. The molecular formula is C29H25FN2O4. The van der Waals surface area contributed by atoms with Crippen molar-refractivity contribution in [2.24, 2.45) is 5.10 Å². The molecule has 6 nitrogen and oxygen atoms in total. The van der Waals surface area contributed by atoms with Crippen molar-refractivity contribution in [2.45, 2.75) is 12.2 Å². The number of aliphatic hydroxyl groups is 1. The molecule has 0 bridgehead atoms. The fourth-order valence-electron chi connectivity index (χ4n) is 3.66. The molecule has 7 heteroatoms. The Morgan fingerprint density at radius 2 is 1.53 bits per heavy atom. The first-order valence-electron chi connectivity index (χ1n) is 11.2. The van der Waals surface area contributed by atoms with Gasteiger partial charge < -0.3 is 14.6 Å². The highest BCUT2D eigenvalue weighted by molar-refractivity contribution is 5.91. The number of ether oxygens (including phenoxy) is 2. The van der Waals surface area contributed by atoms with Gasteiger partial charge in [0.25, 0.3) is 5.91 Å². The van der Waals surface area contributed by atoms with Crippen LogP contribution in [-0.2, 0) is 17.0 Å². The van der Waals surface area contributed by atoms with Crippen molar-refractivity contribution in [1.29, 1.82) is 0 Å². The predicted octanol–water partition coefficient (Wildman–Crippen LogP) is 4.80. The van der Waals surface area contributed by atoms with E-state index in [2.05, 4.69) is 10.5 Å². The Bertz CT molecular complexity index is 1290. The molecular weight excluding hydrogens is 459 g/mol. The minimum atomic E-state index is -1.92. The summed E-state index contributed by atoms with van der Waals surface area (Å²) in [6.45, 7) is 0.248. The van der Waals surface area contributed by atoms with Gasteiger partial charge in [0.15, 0.2) is 17.1 Å². The first-order valence-corrected chi connectivity index (χ1v) is 11.2. The van der Waals surface area contributed by atoms with Crippen molar-refractivity contribution in [3.8, 4) is 11.5 Å². The number of hydrazone groups is 1. The van der Waals surface area contributed by atoms with E-state index in [4.69, 9.17) is 9.47 Å². The zero-order valence-corrected chi connectivity index (χ0v) is 19.6. The molecule has 4 aromatic carbocycles. The van der Waals surface area contributed by atoms with E-state index in [1.165, 1.54) is 25.5 Å². The molecule has 0 saturated carbocycles. The maximum Gasteiger partial charge on any atom is 0.281 e. The number of nitrogens with one attached hydrogen (secondary N) is 1. The number of nitrogens with zero attached hydrogens (tertiary/aromatic N) is 1. The van der Waals surface area contributed by atoms with Crippen molar-refractivity contribution >= 4 is 12.1 Å². The second-order valence-corrected chi connectivity index (χ2v) is 7.97. The van der Waals surface area contributed by atoms with Crippen LogP contribution < -0.4 is 14.9 Å². The summed E-state index contributed by atoms with van der Waals surface area (Å²) in [5.41, 5.74) is 2.84. The van der Waals surface area contributed by atoms with Gasteiger partial charge in [-0.05, 0) is 52.6 Å². The van der Waals surface area contributed by atoms with E-state index >= 15 is 0 Å². The van der Waals surface area contributed by atoms with Crippen molar-refractivity contribution in [2.75, 3.05) is 7.11 Å². The number of rotatable bonds is 9. The number of halogens is 1. The van der Waals surface area contributed by atoms with Crippen LogP contribution in [-0.4, -0.2) is 24.3 Å². The Kier molecular flexibility index (Phi) is 7.72. The maximum atomic E-state index is 13.1. The SMILES string of the molecule is COc1cc(C=NNC(=O)C(O)(c2ccccc2)c2ccccc2)ccc1OCc1ccc(F)cc1. The van der Waals surface area contributed by atoms with Gasteiger partial charge in [0, 0.05) is 0 Å². The molecule has 0 fully saturated rings. The Labute approximate surface area is 208 Å². The van der Waals surface area contributed by atoms with Crippen molar-refractivity contribution in [3.63, 3.8) is 0 Å². The molecule has 1 amide bonds. The molecule has 0 spiro atoms. The summed E-state index contributed by atoms with van der Waals surface area (Å²) in [7, 11) is 1.52. The van der Waals surface area contributed by atoms with Crippen LogP contribution in [0.2, 0.25) is 0 Å². The average Bonchev–Trinajstić information content (AvgIpc) is 2.93. The van der Waals surface area contributed by atoms with E-state index in [0.29, 0.717) is 28.2 Å². The molecule has 0 aliphatic heterocycles. The molecule has 0 aliphatic carbocycles. The second kappa shape index (κ2) is 11.3. The van der Waals surface area contributed by atoms with Gasteiger partial charge in [-0.3, -0.25) is 4.79 Å². The van der Waals surface area contributed by atoms with E-state index < -0.39 is 11.5 Å². The summed E-state index contributed by atoms with van der Waals surface area (Å²) in [5.74, 6) is -0.0246. The summed E-state index contributed by atoms with van der Waals surface area (Å²) in [5, 5.41) is 15.5. The third-order valence-corrected chi connectivity index (χ3v) is 5.59. The molecule has 0 aromatic heterocycles. The number of methoxy groups -OCH3 is 1. The average molecular weight is 485 g/mol. The Morgan fingerprint density at radius 3 is 2.11 bits per heavy atom. The molecule has 4 aromatic rings. The van der Waals surface area contributed by atoms with E-state index in [1.807, 2.05) is 12.1 Å². The zero-order chi connectivity index (χ0) is 25.4. The third-order valence-electron chi connectivity index (χ3n) is 5.59. The molecule has 0 atom stereocenters. The number of benzene rings is 4. The first kappa shape index (κ1) is 24.6. The highest BCUT2D eigenvalue weighted by Gasteiger charge is 2.39. The molecule has 4 rings (SSSR count). The topological polar surface area (TPSA) is 80.2 Å². The lowest BCUT2D eigenvalue weighted by molar-refractivity contribution is -0.136. The van der Waals surface area contributed by atoms with Gasteiger partial charge in [0.05, 0.1) is 13.3 Å². The highest BCUT2D eigenvalue weighted by atomic mass is 19.1. The number of amides is 1. The van der Waals surface area contributed by atoms with Gasteiger partial charge in [0.2, 0.25) is 0 Å². The van der Waals surface area contributed by atoms with E-state index in [1.54, 1.807) is 78.9 Å². The Balaban J connectivity index is 1.48. The lowest BCUT2D eigenvalue weighted by atomic mass is 9.85. The molecule has 0 unspecified atom stereocenters. The first-order chi connectivity index (χ1) is 17.5. The molecule has 182 valence electrons. The lowest BCUT2D eigenvalue weighted by Crippen LogP contribution is -2.43. The van der Waals surface area contributed by atoms with Crippen molar-refractivity contribution in [3.05, 3.63) is 131 Å². The highest BCUT2D eigenvalue weighted by Crippen LogP contribution is 2.30. The van der Waals surface area contributed by atoms with Crippen LogP contribution >= 0.6 is 0 Å². The van der Waals surface area contributed by atoms with E-state index in [-0.39, 0.29) is 12.4 Å². The van der Waals surface area contributed by atoms with Crippen LogP contribution in [0.25, 0.3) is 0 Å². The van der Waals surface area contributed by atoms with Gasteiger partial charge >= 0.3 is 0 Å². The monoisotopic (exact) mass is 484 g/mol. The van der Waals surface area contributed by atoms with Gasteiger partial charge in [0.1, 0.15) is 12.4 Å². The second-order valence-electron chi connectivity index (χ2n) is 7.97. The molecule has 0 heterocycles. The number of hydrogen-bond donors (Lipinski definition) is 2. The molecule has 36 heavy (non-hydrogen) atoms. The quantitative estimate of drug-likeness (QED) is 0.264. The summed E-state index contributed by atoms with van der Waals surface area (Å²) in [4.78, 5) is 13.1. The van der Waals surface area contributed by atoms with Crippen LogP contribution in [0, 0.1) is 5.82 Å². The summed E-state index contributed by atoms with van der Waals surface area (Å²) >= 11 is 0. The normalized spacial score (nSPS) is 11.3. The molecule has 0 aliphatic rings. The predicted molar refractivity (Wildman–Crippen MR) is 135 cm³/mol. The fourth-order valence-corrected chi connectivity index (χ4v) is 3.66. The van der Waals surface area contributed by atoms with Crippen LogP contribution in [0.5, 0.6) is 11.5 Å². The van der Waals surface area contributed by atoms with Crippen LogP contribution in [0.1, 0.15) is 22.3 Å². The van der Waals surface area contributed by atoms with Gasteiger partial charge in [-0.2, -0.15) is 5.10 Å². The van der Waals surface area contributed by atoms with Gasteiger partial charge in [-0.15, -0.1) is 0 Å². The zero-order valence-electron chi connectivity index (χ0n) is 19.6. The van der Waals surface area contributed by atoms with E-state index in [9.17, 15) is 14.3 Å². The van der Waals surface area contributed by atoms with Crippen LogP contribution in [0.4, 0.5) is 4.39 Å². The van der Waals surface area contributed by atoms with Gasteiger partial charge in [-0.1, -0.05) is 72.8 Å². The maximum absolute atomic E-state index is 13.1. The summed E-state index contributed by atoms with van der Waals surface area (Å²) in [6, 6.07) is 28.6. The minimum absolute atomic E-state index is 0.248. The Morgan fingerprint density at radius 1 is 0.917 bits per heavy atom. The smallest absolute Gasteiger partial charge is 0.281 e. The van der Waals surface area contributed by atoms with Crippen LogP contribution in [0.3, 0.4) is 0 Å². The molecule has 2 N–H and O–H groups in total. The van der Waals surface area contributed by atoms with E-state index in [0.717, 1.165) is 5.56 Å². The summed E-state index contributed by atoms with van der Waals surface area (Å²) in [6.07, 6.45) is 1.45. The van der Waals surface area contributed by atoms with Crippen LogP contribution in [0.15, 0.2) is 108 Å². The number of carbonyl (C=O) groups excluding carboxylic acids is 1. The van der Waals surface area contributed by atoms with Crippen molar-refractivity contribution in [1.82, 2.24) is 5.43 Å². The largest absolute Gasteiger partial charge is 0.493 e. The standard InChI is InChI=1S/C29H25FN2O4/c1-35-27-18-22(14-17-26(27)36-20-21-12-15-25(30)16-13-21)19-31-32-28(33)29(34,23-8-4-2-5-9-23)24-10-6-3-7-11-24/h2-19,34H,20H2,1H3,(H,32,33). The van der Waals surface area contributed by atoms with Crippen molar-refractivity contribution < 1.29 is 23.8 Å². The third kappa shape index (κ3) is 5.59. The van der Waals surface area contributed by atoms with Gasteiger partial charge in [-0.25, -0.2) is 9.82 Å². The summed E-state index contributed by atoms with van der Waals surface area (Å²) < 4.78 is 24.3.